The highest BCUT2D eigenvalue weighted by Crippen LogP contribution is 2.13. The fourth-order valence-corrected chi connectivity index (χ4v) is 1.41. The number of aliphatic carboxylic acids is 1. The molecule has 1 rings (SSSR count). The molecule has 3 amide bonds. The number of benzene rings is 1. The number of carboxylic acid groups (broad SMARTS) is 1. The number of carbonyl (C=O) groups excluding carboxylic acids is 2. The summed E-state index contributed by atoms with van der Waals surface area (Å²) in [7, 11) is 0. The number of rotatable bonds is 5. The van der Waals surface area contributed by atoms with E-state index in [-0.39, 0.29) is 19.3 Å². The van der Waals surface area contributed by atoms with Gasteiger partial charge in [-0.15, -0.1) is 0 Å². The van der Waals surface area contributed by atoms with Crippen molar-refractivity contribution in [3.8, 4) is 0 Å². The molecule has 102 valence electrons. The lowest BCUT2D eigenvalue weighted by molar-refractivity contribution is -0.137. The van der Waals surface area contributed by atoms with E-state index in [0.29, 0.717) is 10.7 Å². The van der Waals surface area contributed by atoms with Gasteiger partial charge in [-0.25, -0.2) is 4.79 Å². The van der Waals surface area contributed by atoms with Gasteiger partial charge in [-0.2, -0.15) is 0 Å². The molecule has 1 aromatic rings. The van der Waals surface area contributed by atoms with E-state index in [4.69, 9.17) is 16.7 Å². The normalized spacial score (nSPS) is 9.74. The van der Waals surface area contributed by atoms with E-state index < -0.39 is 17.9 Å². The van der Waals surface area contributed by atoms with Gasteiger partial charge in [0, 0.05) is 23.6 Å². The van der Waals surface area contributed by atoms with Crippen LogP contribution in [0.15, 0.2) is 24.3 Å². The molecular weight excluding hydrogens is 272 g/mol. The van der Waals surface area contributed by atoms with Crippen LogP contribution in [0.2, 0.25) is 5.02 Å². The first-order chi connectivity index (χ1) is 8.97. The average Bonchev–Trinajstić information content (AvgIpc) is 2.31. The lowest BCUT2D eigenvalue weighted by Crippen LogP contribution is -2.34. The quantitative estimate of drug-likeness (QED) is 0.772. The third kappa shape index (κ3) is 6.42. The minimum Gasteiger partial charge on any atom is -0.481 e. The maximum atomic E-state index is 11.4. The van der Waals surface area contributed by atoms with Crippen molar-refractivity contribution in [1.29, 1.82) is 0 Å². The van der Waals surface area contributed by atoms with Gasteiger partial charge in [-0.3, -0.25) is 14.9 Å². The van der Waals surface area contributed by atoms with Crippen molar-refractivity contribution < 1.29 is 19.5 Å². The smallest absolute Gasteiger partial charge is 0.325 e. The number of hydrogen-bond donors (Lipinski definition) is 3. The van der Waals surface area contributed by atoms with Gasteiger partial charge in [-0.1, -0.05) is 11.6 Å². The second-order valence-electron chi connectivity index (χ2n) is 3.76. The second kappa shape index (κ2) is 7.38. The van der Waals surface area contributed by atoms with E-state index in [1.807, 2.05) is 0 Å². The Morgan fingerprint density at radius 3 is 2.32 bits per heavy atom. The number of carboxylic acids is 1. The van der Waals surface area contributed by atoms with Crippen molar-refractivity contribution in [2.45, 2.75) is 19.3 Å². The van der Waals surface area contributed by atoms with Crippen LogP contribution >= 0.6 is 11.6 Å². The Morgan fingerprint density at radius 1 is 1.11 bits per heavy atom. The average molecular weight is 285 g/mol. The summed E-state index contributed by atoms with van der Waals surface area (Å²) in [4.78, 5) is 33.0. The molecule has 0 aliphatic rings. The molecule has 6 nitrogen and oxygen atoms in total. The van der Waals surface area contributed by atoms with Crippen LogP contribution in [0, 0.1) is 0 Å². The maximum absolute atomic E-state index is 11.4. The summed E-state index contributed by atoms with van der Waals surface area (Å²) in [5.74, 6) is -1.49. The fourth-order valence-electron chi connectivity index (χ4n) is 1.28. The fraction of sp³-hybridized carbons (Fsp3) is 0.250. The summed E-state index contributed by atoms with van der Waals surface area (Å²) in [5, 5.41) is 13.5. The lowest BCUT2D eigenvalue weighted by atomic mass is 10.2. The Morgan fingerprint density at radius 2 is 1.74 bits per heavy atom. The molecule has 0 heterocycles. The topological polar surface area (TPSA) is 95.5 Å². The van der Waals surface area contributed by atoms with Crippen LogP contribution in [-0.4, -0.2) is 23.0 Å². The van der Waals surface area contributed by atoms with Crippen LogP contribution in [-0.2, 0) is 9.59 Å². The number of carbonyl (C=O) groups is 3. The van der Waals surface area contributed by atoms with Crippen molar-refractivity contribution in [2.75, 3.05) is 5.32 Å². The molecule has 0 atom stereocenters. The van der Waals surface area contributed by atoms with Crippen molar-refractivity contribution in [2.24, 2.45) is 0 Å². The Bertz CT molecular complexity index is 473. The van der Waals surface area contributed by atoms with E-state index in [9.17, 15) is 14.4 Å². The van der Waals surface area contributed by atoms with Crippen molar-refractivity contribution in [3.63, 3.8) is 0 Å². The van der Waals surface area contributed by atoms with E-state index in [1.54, 1.807) is 24.3 Å². The van der Waals surface area contributed by atoms with Gasteiger partial charge in [0.05, 0.1) is 0 Å². The Kier molecular flexibility index (Phi) is 5.81. The molecule has 7 heteroatoms. The maximum Gasteiger partial charge on any atom is 0.325 e. The molecule has 0 radical (unpaired) electrons. The molecular formula is C12H13ClN2O4. The van der Waals surface area contributed by atoms with Gasteiger partial charge in [0.2, 0.25) is 5.91 Å². The zero-order valence-corrected chi connectivity index (χ0v) is 10.7. The minimum atomic E-state index is -0.974. The standard InChI is InChI=1S/C12H13ClN2O4/c13-8-4-6-9(7-5-8)14-12(19)15-10(16)2-1-3-11(17)18/h4-7H,1-3H2,(H,17,18)(H2,14,15,16,19). The van der Waals surface area contributed by atoms with Gasteiger partial charge in [-0.05, 0) is 30.7 Å². The van der Waals surface area contributed by atoms with Crippen LogP contribution in [0.1, 0.15) is 19.3 Å². The van der Waals surface area contributed by atoms with Crippen LogP contribution in [0.5, 0.6) is 0 Å². The van der Waals surface area contributed by atoms with Crippen LogP contribution in [0.25, 0.3) is 0 Å². The highest BCUT2D eigenvalue weighted by Gasteiger charge is 2.08. The highest BCUT2D eigenvalue weighted by molar-refractivity contribution is 6.30. The lowest BCUT2D eigenvalue weighted by Gasteiger charge is -2.06. The molecule has 0 aliphatic carbocycles. The van der Waals surface area contributed by atoms with Gasteiger partial charge in [0.15, 0.2) is 0 Å². The molecule has 0 aliphatic heterocycles. The summed E-state index contributed by atoms with van der Waals surface area (Å²) in [6.45, 7) is 0. The first kappa shape index (κ1) is 15.0. The van der Waals surface area contributed by atoms with Gasteiger partial charge < -0.3 is 10.4 Å². The number of anilines is 1. The Labute approximate surface area is 114 Å². The molecule has 0 aromatic heterocycles. The predicted octanol–water partition coefficient (Wildman–Crippen LogP) is 2.24. The van der Waals surface area contributed by atoms with E-state index in [2.05, 4.69) is 10.6 Å². The molecule has 0 unspecified atom stereocenters. The number of nitrogens with one attached hydrogen (secondary N) is 2. The first-order valence-electron chi connectivity index (χ1n) is 5.55. The third-order valence-electron chi connectivity index (χ3n) is 2.15. The molecule has 1 aromatic carbocycles. The van der Waals surface area contributed by atoms with E-state index in [0.717, 1.165) is 0 Å². The van der Waals surface area contributed by atoms with Gasteiger partial charge in [0.1, 0.15) is 0 Å². The van der Waals surface area contributed by atoms with Crippen LogP contribution in [0.4, 0.5) is 10.5 Å². The zero-order chi connectivity index (χ0) is 14.3. The third-order valence-corrected chi connectivity index (χ3v) is 2.40. The predicted molar refractivity (Wildman–Crippen MR) is 70.1 cm³/mol. The first-order valence-corrected chi connectivity index (χ1v) is 5.93. The number of halogens is 1. The van der Waals surface area contributed by atoms with Gasteiger partial charge in [0.25, 0.3) is 0 Å². The van der Waals surface area contributed by atoms with Crippen LogP contribution < -0.4 is 10.6 Å². The number of amides is 3. The highest BCUT2D eigenvalue weighted by atomic mass is 35.5. The second-order valence-corrected chi connectivity index (χ2v) is 4.19. The molecule has 19 heavy (non-hydrogen) atoms. The van der Waals surface area contributed by atoms with Crippen molar-refractivity contribution >= 4 is 35.2 Å². The summed E-state index contributed by atoms with van der Waals surface area (Å²) < 4.78 is 0. The summed E-state index contributed by atoms with van der Waals surface area (Å²) >= 11 is 5.68. The molecule has 0 spiro atoms. The summed E-state index contributed by atoms with van der Waals surface area (Å²) in [5.41, 5.74) is 0.500. The van der Waals surface area contributed by atoms with Gasteiger partial charge >= 0.3 is 12.0 Å². The van der Waals surface area contributed by atoms with Crippen molar-refractivity contribution in [3.05, 3.63) is 29.3 Å². The molecule has 0 saturated carbocycles. The number of urea groups is 1. The van der Waals surface area contributed by atoms with Crippen molar-refractivity contribution in [1.82, 2.24) is 5.32 Å². The molecule has 0 saturated heterocycles. The summed E-state index contributed by atoms with van der Waals surface area (Å²) in [6, 6.07) is 5.73. The Hall–Kier alpha value is -2.08. The monoisotopic (exact) mass is 284 g/mol. The SMILES string of the molecule is O=C(O)CCCC(=O)NC(=O)Nc1ccc(Cl)cc1. The molecule has 0 fully saturated rings. The molecule has 0 bridgehead atoms. The number of imide groups is 1. The van der Waals surface area contributed by atoms with Crippen LogP contribution in [0.3, 0.4) is 0 Å². The van der Waals surface area contributed by atoms with E-state index in [1.165, 1.54) is 0 Å². The summed E-state index contributed by atoms with van der Waals surface area (Å²) in [6.07, 6.45) is 0.0714. The number of hydrogen-bond acceptors (Lipinski definition) is 3. The minimum absolute atomic E-state index is 0.0136. The Balaban J connectivity index is 2.32. The largest absolute Gasteiger partial charge is 0.481 e. The van der Waals surface area contributed by atoms with E-state index >= 15 is 0 Å². The molecule has 3 N–H and O–H groups in total. The zero-order valence-electron chi connectivity index (χ0n) is 9.98.